The largest absolute Gasteiger partial charge is 0.483 e. The van der Waals surface area contributed by atoms with E-state index in [0.717, 1.165) is 42.2 Å². The van der Waals surface area contributed by atoms with Gasteiger partial charge in [0.2, 0.25) is 0 Å². The Labute approximate surface area is 218 Å². The average molecular weight is 528 g/mol. The number of pyridine rings is 1. The number of hydrogen-bond acceptors (Lipinski definition) is 6. The molecular formula is C26H28F3N7O2. The van der Waals surface area contributed by atoms with E-state index in [4.69, 9.17) is 4.74 Å². The van der Waals surface area contributed by atoms with Crippen molar-refractivity contribution in [2.45, 2.75) is 39.3 Å². The number of aliphatic imine (C=N–C) groups is 1. The number of carbonyl (C=O) groups excluding carboxylic acids is 1. The summed E-state index contributed by atoms with van der Waals surface area (Å²) in [4.78, 5) is 22.7. The maximum atomic E-state index is 14.5. The molecule has 9 nitrogen and oxygen atoms in total. The highest BCUT2D eigenvalue weighted by atomic mass is 19.1. The van der Waals surface area contributed by atoms with Crippen molar-refractivity contribution in [1.29, 1.82) is 0 Å². The van der Waals surface area contributed by atoms with E-state index < -0.39 is 35.6 Å². The van der Waals surface area contributed by atoms with Gasteiger partial charge in [0.15, 0.2) is 17.4 Å². The van der Waals surface area contributed by atoms with E-state index in [2.05, 4.69) is 26.8 Å². The molecule has 0 aliphatic carbocycles. The number of halogens is 3. The zero-order valence-corrected chi connectivity index (χ0v) is 21.5. The second kappa shape index (κ2) is 11.0. The lowest BCUT2D eigenvalue weighted by molar-refractivity contribution is 0.0273. The van der Waals surface area contributed by atoms with Gasteiger partial charge in [-0.05, 0) is 32.4 Å². The predicted molar refractivity (Wildman–Crippen MR) is 138 cm³/mol. The summed E-state index contributed by atoms with van der Waals surface area (Å²) in [5.74, 6) is -1.75. The van der Waals surface area contributed by atoms with Gasteiger partial charge in [-0.3, -0.25) is 4.99 Å². The first-order chi connectivity index (χ1) is 18.1. The number of allylic oxidation sites excluding steroid dienone is 3. The van der Waals surface area contributed by atoms with Gasteiger partial charge in [0, 0.05) is 43.6 Å². The van der Waals surface area contributed by atoms with Crippen molar-refractivity contribution in [2.24, 2.45) is 10.1 Å². The molecule has 4 heterocycles. The normalized spacial score (nSPS) is 18.4. The van der Waals surface area contributed by atoms with Crippen LogP contribution in [0.1, 0.15) is 30.3 Å². The number of rotatable bonds is 7. The van der Waals surface area contributed by atoms with Gasteiger partial charge in [-0.25, -0.2) is 32.6 Å². The van der Waals surface area contributed by atoms with Gasteiger partial charge in [0.05, 0.1) is 42.5 Å². The molecule has 12 heteroatoms. The second-order valence-corrected chi connectivity index (χ2v) is 9.01. The quantitative estimate of drug-likeness (QED) is 0.389. The maximum Gasteiger partial charge on any atom is 0.341 e. The lowest BCUT2D eigenvalue weighted by Gasteiger charge is -2.41. The van der Waals surface area contributed by atoms with Crippen LogP contribution in [0.15, 0.2) is 58.3 Å². The highest BCUT2D eigenvalue weighted by Crippen LogP contribution is 2.28. The molecule has 2 amide bonds. The SMILES string of the molecule is C=C(/C=C(F)\C=C(/C)F)[C@@H]1CC=NN1C(=O)N1CC(Oc2cc(-n3nc(C)c(C=NC)c3C)ncc2F)C1. The molecule has 2 aromatic rings. The molecule has 4 rings (SSSR count). The van der Waals surface area contributed by atoms with Crippen LogP contribution in [-0.4, -0.2) is 75.4 Å². The maximum absolute atomic E-state index is 14.5. The van der Waals surface area contributed by atoms with Crippen LogP contribution >= 0.6 is 0 Å². The molecule has 0 N–H and O–H groups in total. The number of amides is 2. The molecule has 1 fully saturated rings. The van der Waals surface area contributed by atoms with Gasteiger partial charge in [-0.15, -0.1) is 0 Å². The molecule has 0 bridgehead atoms. The van der Waals surface area contributed by atoms with Crippen LogP contribution in [0.5, 0.6) is 5.75 Å². The number of likely N-dealkylation sites (tertiary alicyclic amines) is 1. The van der Waals surface area contributed by atoms with Crippen molar-refractivity contribution in [3.63, 3.8) is 0 Å². The number of hydrazone groups is 1. The number of aromatic nitrogens is 3. The van der Waals surface area contributed by atoms with Gasteiger partial charge in [0.1, 0.15) is 11.9 Å². The van der Waals surface area contributed by atoms with Crippen LogP contribution < -0.4 is 4.74 Å². The molecular weight excluding hydrogens is 499 g/mol. The van der Waals surface area contributed by atoms with E-state index in [-0.39, 0.29) is 24.4 Å². The Morgan fingerprint density at radius 3 is 2.68 bits per heavy atom. The molecule has 2 aromatic heterocycles. The van der Waals surface area contributed by atoms with Crippen molar-refractivity contribution in [3.8, 4) is 11.6 Å². The lowest BCUT2D eigenvalue weighted by Crippen LogP contribution is -2.59. The third-order valence-corrected chi connectivity index (χ3v) is 6.15. The lowest BCUT2D eigenvalue weighted by atomic mass is 10.1. The Morgan fingerprint density at radius 2 is 2.00 bits per heavy atom. The standard InChI is InChI=1S/C26H28F3N7O2/c1-15(8-19(28)9-16(2)27)23-6-7-32-36(23)26(37)34-13-20(14-34)38-24-10-25(31-12-22(24)29)35-18(4)21(11-30-5)17(3)33-35/h7-12,20,23H,1,6,13-14H2,2-5H3/b16-9+,19-8+,30-11?/t23-/m0/s1. The van der Waals surface area contributed by atoms with Gasteiger partial charge in [-0.1, -0.05) is 6.58 Å². The zero-order valence-electron chi connectivity index (χ0n) is 21.5. The van der Waals surface area contributed by atoms with Crippen LogP contribution in [-0.2, 0) is 0 Å². The molecule has 0 aromatic carbocycles. The minimum absolute atomic E-state index is 0.00682. The van der Waals surface area contributed by atoms with Crippen LogP contribution in [0, 0.1) is 19.7 Å². The zero-order chi connectivity index (χ0) is 27.6. The summed E-state index contributed by atoms with van der Waals surface area (Å²) < 4.78 is 48.8. The van der Waals surface area contributed by atoms with E-state index in [0.29, 0.717) is 12.2 Å². The Hall–Kier alpha value is -4.22. The van der Waals surface area contributed by atoms with E-state index in [1.807, 2.05) is 13.8 Å². The van der Waals surface area contributed by atoms with Crippen LogP contribution in [0.25, 0.3) is 5.82 Å². The van der Waals surface area contributed by atoms with Crippen molar-refractivity contribution < 1.29 is 22.7 Å². The summed E-state index contributed by atoms with van der Waals surface area (Å²) in [5, 5.41) is 9.78. The minimum Gasteiger partial charge on any atom is -0.483 e. The third kappa shape index (κ3) is 5.53. The number of carbonyl (C=O) groups is 1. The predicted octanol–water partition coefficient (Wildman–Crippen LogP) is 4.60. The molecule has 38 heavy (non-hydrogen) atoms. The van der Waals surface area contributed by atoms with Crippen LogP contribution in [0.4, 0.5) is 18.0 Å². The Balaban J connectivity index is 1.40. The summed E-state index contributed by atoms with van der Waals surface area (Å²) in [6, 6.07) is 0.454. The van der Waals surface area contributed by atoms with Crippen LogP contribution in [0.3, 0.4) is 0 Å². The average Bonchev–Trinajstić information content (AvgIpc) is 3.42. The summed E-state index contributed by atoms with van der Waals surface area (Å²) in [5.41, 5.74) is 2.69. The van der Waals surface area contributed by atoms with E-state index in [1.165, 1.54) is 22.2 Å². The first-order valence-electron chi connectivity index (χ1n) is 11.9. The van der Waals surface area contributed by atoms with Gasteiger partial charge >= 0.3 is 6.03 Å². The van der Waals surface area contributed by atoms with Gasteiger partial charge in [-0.2, -0.15) is 10.2 Å². The summed E-state index contributed by atoms with van der Waals surface area (Å²) in [6.07, 6.45) is 6.02. The van der Waals surface area contributed by atoms with Crippen molar-refractivity contribution >= 4 is 18.5 Å². The summed E-state index contributed by atoms with van der Waals surface area (Å²) >= 11 is 0. The number of ether oxygens (including phenoxy) is 1. The minimum atomic E-state index is -0.805. The highest BCUT2D eigenvalue weighted by molar-refractivity contribution is 5.82. The third-order valence-electron chi connectivity index (χ3n) is 6.15. The first-order valence-corrected chi connectivity index (χ1v) is 11.9. The first kappa shape index (κ1) is 26.8. The van der Waals surface area contributed by atoms with Gasteiger partial charge < -0.3 is 9.64 Å². The molecule has 1 atom stereocenters. The van der Waals surface area contributed by atoms with Crippen molar-refractivity contribution in [2.75, 3.05) is 20.1 Å². The van der Waals surface area contributed by atoms with Crippen molar-refractivity contribution in [1.82, 2.24) is 24.7 Å². The molecule has 0 saturated carbocycles. The molecule has 2 aliphatic heterocycles. The molecule has 2 aliphatic rings. The van der Waals surface area contributed by atoms with E-state index >= 15 is 0 Å². The molecule has 0 unspecified atom stereocenters. The number of urea groups is 1. The summed E-state index contributed by atoms with van der Waals surface area (Å²) in [6.45, 7) is 9.05. The fourth-order valence-electron chi connectivity index (χ4n) is 4.21. The Bertz CT molecular complexity index is 1370. The molecule has 0 radical (unpaired) electrons. The van der Waals surface area contributed by atoms with Gasteiger partial charge in [0.25, 0.3) is 0 Å². The smallest absolute Gasteiger partial charge is 0.341 e. The Kier molecular flexibility index (Phi) is 7.79. The van der Waals surface area contributed by atoms with Crippen molar-refractivity contribution in [3.05, 3.63) is 71.0 Å². The number of nitrogens with zero attached hydrogens (tertiary/aromatic N) is 7. The second-order valence-electron chi connectivity index (χ2n) is 9.01. The topological polar surface area (TPSA) is 88.2 Å². The monoisotopic (exact) mass is 527 g/mol. The summed E-state index contributed by atoms with van der Waals surface area (Å²) in [7, 11) is 1.67. The number of aryl methyl sites for hydroxylation is 1. The molecule has 1 saturated heterocycles. The van der Waals surface area contributed by atoms with E-state index in [1.54, 1.807) is 17.9 Å². The Morgan fingerprint density at radius 1 is 1.26 bits per heavy atom. The van der Waals surface area contributed by atoms with E-state index in [9.17, 15) is 18.0 Å². The fourth-order valence-corrected chi connectivity index (χ4v) is 4.21. The molecule has 0 spiro atoms. The van der Waals surface area contributed by atoms with Crippen LogP contribution in [0.2, 0.25) is 0 Å². The molecule has 200 valence electrons. The fraction of sp³-hybridized carbons (Fsp3) is 0.346. The number of hydrogen-bond donors (Lipinski definition) is 0. The highest BCUT2D eigenvalue weighted by Gasteiger charge is 2.39.